The highest BCUT2D eigenvalue weighted by Crippen LogP contribution is 2.44. The highest BCUT2D eigenvalue weighted by atomic mass is 16.6. The van der Waals surface area contributed by atoms with Crippen LogP contribution in [0.3, 0.4) is 0 Å². The van der Waals surface area contributed by atoms with E-state index in [-0.39, 0.29) is 18.9 Å². The molecule has 1 heterocycles. The number of hydrogen-bond donors (Lipinski definition) is 0. The second-order valence-electron chi connectivity index (χ2n) is 10.9. The van der Waals surface area contributed by atoms with E-state index in [0.717, 1.165) is 33.4 Å². The fraction of sp³-hybridized carbons (Fsp3) is 0.273. The SMILES string of the molecule is Cc1ccccc1-c1ncc(C[C@H](C(=O)OCC2c3ccccc3-c3ccccc32)C(=O)OC(C)(C)C)cn1. The van der Waals surface area contributed by atoms with Gasteiger partial charge in [-0.25, -0.2) is 9.97 Å². The Morgan fingerprint density at radius 1 is 0.795 bits per heavy atom. The molecule has 0 fully saturated rings. The third-order valence-corrected chi connectivity index (χ3v) is 6.86. The van der Waals surface area contributed by atoms with E-state index in [9.17, 15) is 9.59 Å². The number of ether oxygens (including phenoxy) is 2. The van der Waals surface area contributed by atoms with E-state index in [1.54, 1.807) is 33.2 Å². The molecule has 39 heavy (non-hydrogen) atoms. The first kappa shape index (κ1) is 26.3. The number of nitrogens with zero attached hydrogens (tertiary/aromatic N) is 2. The Balaban J connectivity index is 1.35. The van der Waals surface area contributed by atoms with E-state index < -0.39 is 23.5 Å². The van der Waals surface area contributed by atoms with Crippen molar-refractivity contribution in [2.24, 2.45) is 5.92 Å². The lowest BCUT2D eigenvalue weighted by Gasteiger charge is -2.24. The highest BCUT2D eigenvalue weighted by Gasteiger charge is 2.35. The molecule has 1 aliphatic carbocycles. The van der Waals surface area contributed by atoms with Gasteiger partial charge in [0.05, 0.1) is 0 Å². The molecule has 6 nitrogen and oxygen atoms in total. The molecule has 0 unspecified atom stereocenters. The summed E-state index contributed by atoms with van der Waals surface area (Å²) in [6, 6.07) is 24.2. The molecule has 6 heteroatoms. The largest absolute Gasteiger partial charge is 0.464 e. The molecule has 1 aromatic heterocycles. The molecule has 5 rings (SSSR count). The predicted octanol–water partition coefficient (Wildman–Crippen LogP) is 6.31. The van der Waals surface area contributed by atoms with Crippen LogP contribution in [0.15, 0.2) is 85.2 Å². The van der Waals surface area contributed by atoms with E-state index in [1.165, 1.54) is 0 Å². The molecular formula is C33H32N2O4. The molecule has 198 valence electrons. The molecule has 4 aromatic rings. The van der Waals surface area contributed by atoms with Crippen LogP contribution < -0.4 is 0 Å². The summed E-state index contributed by atoms with van der Waals surface area (Å²) in [5.41, 5.74) is 6.41. The summed E-state index contributed by atoms with van der Waals surface area (Å²) >= 11 is 0. The average molecular weight is 521 g/mol. The predicted molar refractivity (Wildman–Crippen MR) is 150 cm³/mol. The van der Waals surface area contributed by atoms with Crippen LogP contribution in [0, 0.1) is 12.8 Å². The van der Waals surface area contributed by atoms with Crippen LogP contribution in [0.25, 0.3) is 22.5 Å². The maximum absolute atomic E-state index is 13.4. The number of hydrogen-bond acceptors (Lipinski definition) is 6. The van der Waals surface area contributed by atoms with Gasteiger partial charge in [0.1, 0.15) is 12.2 Å². The summed E-state index contributed by atoms with van der Waals surface area (Å²) in [6.07, 6.45) is 3.39. The fourth-order valence-electron chi connectivity index (χ4n) is 5.00. The van der Waals surface area contributed by atoms with Crippen LogP contribution in [-0.2, 0) is 25.5 Å². The van der Waals surface area contributed by atoms with E-state index >= 15 is 0 Å². The second kappa shape index (κ2) is 10.8. The molecule has 0 amide bonds. The number of aryl methyl sites for hydroxylation is 1. The maximum Gasteiger partial charge on any atom is 0.321 e. The van der Waals surface area contributed by atoms with Gasteiger partial charge in [-0.05, 0) is 67.5 Å². The quantitative estimate of drug-likeness (QED) is 0.210. The van der Waals surface area contributed by atoms with Gasteiger partial charge in [-0.15, -0.1) is 0 Å². The molecule has 3 aromatic carbocycles. The lowest BCUT2D eigenvalue weighted by Crippen LogP contribution is -2.35. The van der Waals surface area contributed by atoms with Gasteiger partial charge in [0, 0.05) is 23.9 Å². The van der Waals surface area contributed by atoms with E-state index in [2.05, 4.69) is 34.2 Å². The van der Waals surface area contributed by atoms with Crippen molar-refractivity contribution in [1.82, 2.24) is 9.97 Å². The molecule has 0 spiro atoms. The molecule has 0 radical (unpaired) electrons. The smallest absolute Gasteiger partial charge is 0.321 e. The van der Waals surface area contributed by atoms with Crippen molar-refractivity contribution in [3.63, 3.8) is 0 Å². The molecule has 0 bridgehead atoms. The van der Waals surface area contributed by atoms with Gasteiger partial charge in [0.25, 0.3) is 0 Å². The van der Waals surface area contributed by atoms with Gasteiger partial charge >= 0.3 is 11.9 Å². The van der Waals surface area contributed by atoms with Crippen molar-refractivity contribution in [2.45, 2.75) is 45.6 Å². The van der Waals surface area contributed by atoms with Crippen molar-refractivity contribution in [1.29, 1.82) is 0 Å². The molecule has 1 aliphatic rings. The maximum atomic E-state index is 13.4. The number of aromatic nitrogens is 2. The minimum atomic E-state index is -1.14. The normalized spacial score (nSPS) is 13.3. The first-order valence-corrected chi connectivity index (χ1v) is 13.2. The Bertz CT molecular complexity index is 1460. The molecule has 1 atom stereocenters. The average Bonchev–Trinajstić information content (AvgIpc) is 3.24. The van der Waals surface area contributed by atoms with Crippen LogP contribution in [0.1, 0.15) is 48.9 Å². The van der Waals surface area contributed by atoms with Gasteiger partial charge in [-0.2, -0.15) is 0 Å². The summed E-state index contributed by atoms with van der Waals surface area (Å²) < 4.78 is 11.4. The summed E-state index contributed by atoms with van der Waals surface area (Å²) in [6.45, 7) is 7.47. The fourth-order valence-corrected chi connectivity index (χ4v) is 5.00. The Labute approximate surface area is 229 Å². The zero-order valence-electron chi connectivity index (χ0n) is 22.7. The van der Waals surface area contributed by atoms with Crippen molar-refractivity contribution in [3.8, 4) is 22.5 Å². The van der Waals surface area contributed by atoms with Gasteiger partial charge in [0.2, 0.25) is 0 Å². The summed E-state index contributed by atoms with van der Waals surface area (Å²) in [5, 5.41) is 0. The zero-order chi connectivity index (χ0) is 27.6. The molecular weight excluding hydrogens is 488 g/mol. The van der Waals surface area contributed by atoms with Crippen molar-refractivity contribution in [2.75, 3.05) is 6.61 Å². The van der Waals surface area contributed by atoms with Gasteiger partial charge < -0.3 is 9.47 Å². The molecule has 0 N–H and O–H groups in total. The van der Waals surface area contributed by atoms with Crippen LogP contribution >= 0.6 is 0 Å². The first-order valence-electron chi connectivity index (χ1n) is 13.2. The first-order chi connectivity index (χ1) is 18.7. The number of esters is 2. The van der Waals surface area contributed by atoms with Gasteiger partial charge in [-0.3, -0.25) is 9.59 Å². The summed E-state index contributed by atoms with van der Waals surface area (Å²) in [7, 11) is 0. The Morgan fingerprint density at radius 3 is 1.90 bits per heavy atom. The third kappa shape index (κ3) is 5.75. The van der Waals surface area contributed by atoms with Crippen LogP contribution in [0.2, 0.25) is 0 Å². The monoisotopic (exact) mass is 520 g/mol. The Morgan fingerprint density at radius 2 is 1.33 bits per heavy atom. The highest BCUT2D eigenvalue weighted by molar-refractivity contribution is 5.95. The van der Waals surface area contributed by atoms with Crippen LogP contribution in [0.5, 0.6) is 0 Å². The molecule has 0 saturated heterocycles. The van der Waals surface area contributed by atoms with Crippen LogP contribution in [-0.4, -0.2) is 34.1 Å². The zero-order valence-corrected chi connectivity index (χ0v) is 22.7. The lowest BCUT2D eigenvalue weighted by atomic mass is 9.97. The summed E-state index contributed by atoms with van der Waals surface area (Å²) in [4.78, 5) is 35.6. The number of benzene rings is 3. The van der Waals surface area contributed by atoms with Gasteiger partial charge in [0.15, 0.2) is 11.7 Å². The third-order valence-electron chi connectivity index (χ3n) is 6.86. The standard InChI is InChI=1S/C33H32N2O4/c1-21-11-5-6-12-23(21)30-34-18-22(19-35-30)17-28(32(37)39-33(2,3)4)31(36)38-20-29-26-15-9-7-13-24(26)25-14-8-10-16-27(25)29/h5-16,18-19,28-29H,17,20H2,1-4H3/t28-/m1/s1. The van der Waals surface area contributed by atoms with Crippen molar-refractivity contribution >= 4 is 11.9 Å². The molecule has 0 aliphatic heterocycles. The van der Waals surface area contributed by atoms with E-state index in [4.69, 9.17) is 9.47 Å². The van der Waals surface area contributed by atoms with E-state index in [0.29, 0.717) is 11.4 Å². The summed E-state index contributed by atoms with van der Waals surface area (Å²) in [5.74, 6) is -1.88. The molecule has 0 saturated carbocycles. The number of carbonyl (C=O) groups is 2. The van der Waals surface area contributed by atoms with Crippen LogP contribution in [0.4, 0.5) is 0 Å². The van der Waals surface area contributed by atoms with Gasteiger partial charge in [-0.1, -0.05) is 72.8 Å². The van der Waals surface area contributed by atoms with E-state index in [1.807, 2.05) is 55.5 Å². The van der Waals surface area contributed by atoms with Crippen molar-refractivity contribution < 1.29 is 19.1 Å². The Hall–Kier alpha value is -4.32. The number of carbonyl (C=O) groups excluding carboxylic acids is 2. The number of fused-ring (bicyclic) bond motifs is 3. The topological polar surface area (TPSA) is 78.4 Å². The minimum absolute atomic E-state index is 0.0830. The lowest BCUT2D eigenvalue weighted by molar-refractivity contribution is -0.169. The van der Waals surface area contributed by atoms with Crippen molar-refractivity contribution in [3.05, 3.63) is 107 Å². The minimum Gasteiger partial charge on any atom is -0.464 e. The number of rotatable bonds is 7. The second-order valence-corrected chi connectivity index (χ2v) is 10.9. The Kier molecular flexibility index (Phi) is 7.29.